The first-order chi connectivity index (χ1) is 21.0. The van der Waals surface area contributed by atoms with Crippen molar-refractivity contribution in [3.63, 3.8) is 0 Å². The standard InChI is InChI=1S/C33H28FN3O5S2/c1-19-6-11-25(43-19)12-9-21-4-3-5-24(14-21)28-17-26(32-36-31(33(38)39)20(2)42-32)29(16-22-7-8-22)37(28)18-23-10-13-30(27(34)15-23)44(35,40)41/h3-6,10-11,13-15,17,22H,7-8,16,18H2,1-2H3,(H,38,39)(H2,35,40,41). The Hall–Kier alpha value is -4.50. The molecule has 0 saturated heterocycles. The van der Waals surface area contributed by atoms with E-state index >= 15 is 0 Å². The van der Waals surface area contributed by atoms with E-state index in [1.165, 1.54) is 23.1 Å². The molecule has 8 nitrogen and oxygen atoms in total. The van der Waals surface area contributed by atoms with Gasteiger partial charge in [-0.05, 0) is 92.6 Å². The number of carboxylic acid groups (broad SMARTS) is 1. The molecule has 1 fully saturated rings. The van der Waals surface area contributed by atoms with Crippen LogP contribution in [0.4, 0.5) is 4.39 Å². The number of oxazole rings is 1. The number of carboxylic acids is 1. The van der Waals surface area contributed by atoms with Crippen molar-refractivity contribution in [1.82, 2.24) is 9.55 Å². The zero-order valence-electron chi connectivity index (χ0n) is 23.9. The summed E-state index contributed by atoms with van der Waals surface area (Å²) in [7, 11) is -4.22. The molecule has 2 aromatic carbocycles. The number of carbonyl (C=O) groups is 1. The second-order valence-corrected chi connectivity index (χ2v) is 13.7. The van der Waals surface area contributed by atoms with Crippen LogP contribution in [-0.4, -0.2) is 29.0 Å². The van der Waals surface area contributed by atoms with Crippen LogP contribution in [0.15, 0.2) is 70.0 Å². The van der Waals surface area contributed by atoms with Gasteiger partial charge in [0, 0.05) is 28.4 Å². The number of benzene rings is 2. The lowest BCUT2D eigenvalue weighted by Gasteiger charge is -2.15. The Morgan fingerprint density at radius 3 is 2.57 bits per heavy atom. The number of rotatable bonds is 8. The van der Waals surface area contributed by atoms with Gasteiger partial charge in [-0.1, -0.05) is 30.0 Å². The lowest BCUT2D eigenvalue weighted by atomic mass is 10.1. The van der Waals surface area contributed by atoms with Crippen molar-refractivity contribution >= 4 is 27.3 Å². The summed E-state index contributed by atoms with van der Waals surface area (Å²) in [6.07, 6.45) is 2.78. The van der Waals surface area contributed by atoms with E-state index in [1.807, 2.05) is 54.0 Å². The molecule has 1 aliphatic carbocycles. The second kappa shape index (κ2) is 11.5. The van der Waals surface area contributed by atoms with E-state index in [1.54, 1.807) is 18.3 Å². The molecule has 5 aromatic rings. The van der Waals surface area contributed by atoms with Gasteiger partial charge in [0.05, 0.1) is 10.4 Å². The van der Waals surface area contributed by atoms with Crippen LogP contribution in [0.5, 0.6) is 0 Å². The maximum atomic E-state index is 14.9. The number of hydrogen-bond acceptors (Lipinski definition) is 6. The predicted molar refractivity (Wildman–Crippen MR) is 165 cm³/mol. The smallest absolute Gasteiger partial charge is 0.358 e. The van der Waals surface area contributed by atoms with Crippen molar-refractivity contribution in [3.8, 4) is 34.6 Å². The van der Waals surface area contributed by atoms with Gasteiger partial charge in [-0.3, -0.25) is 0 Å². The molecule has 0 unspecified atom stereocenters. The summed E-state index contributed by atoms with van der Waals surface area (Å²) in [6.45, 7) is 3.80. The van der Waals surface area contributed by atoms with E-state index in [-0.39, 0.29) is 23.9 Å². The molecule has 44 heavy (non-hydrogen) atoms. The van der Waals surface area contributed by atoms with Crippen LogP contribution in [0.3, 0.4) is 0 Å². The lowest BCUT2D eigenvalue weighted by molar-refractivity contribution is 0.0689. The first-order valence-electron chi connectivity index (χ1n) is 13.9. The summed E-state index contributed by atoms with van der Waals surface area (Å²) >= 11 is 1.62. The Morgan fingerprint density at radius 2 is 1.93 bits per heavy atom. The van der Waals surface area contributed by atoms with E-state index in [2.05, 4.69) is 16.8 Å². The van der Waals surface area contributed by atoms with E-state index in [4.69, 9.17) is 9.56 Å². The minimum Gasteiger partial charge on any atom is -0.476 e. The van der Waals surface area contributed by atoms with Crippen molar-refractivity contribution in [1.29, 1.82) is 0 Å². The number of primary sulfonamides is 1. The monoisotopic (exact) mass is 629 g/mol. The second-order valence-electron chi connectivity index (χ2n) is 10.9. The third-order valence-electron chi connectivity index (χ3n) is 7.49. The number of aryl methyl sites for hydroxylation is 2. The average Bonchev–Trinajstić information content (AvgIpc) is 3.38. The van der Waals surface area contributed by atoms with Crippen molar-refractivity contribution in [2.45, 2.75) is 44.6 Å². The largest absolute Gasteiger partial charge is 0.476 e. The highest BCUT2D eigenvalue weighted by atomic mass is 32.2. The van der Waals surface area contributed by atoms with E-state index in [9.17, 15) is 22.7 Å². The number of halogens is 1. The molecule has 0 atom stereocenters. The van der Waals surface area contributed by atoms with Gasteiger partial charge in [-0.25, -0.2) is 27.7 Å². The van der Waals surface area contributed by atoms with Crippen molar-refractivity contribution < 1.29 is 27.1 Å². The van der Waals surface area contributed by atoms with Crippen LogP contribution in [0.25, 0.3) is 22.7 Å². The molecular formula is C33H28FN3O5S2. The third kappa shape index (κ3) is 6.24. The number of thiophene rings is 1. The molecule has 1 saturated carbocycles. The first-order valence-corrected chi connectivity index (χ1v) is 16.3. The van der Waals surface area contributed by atoms with E-state index < -0.39 is 26.7 Å². The van der Waals surface area contributed by atoms with Crippen LogP contribution < -0.4 is 5.14 Å². The SMILES string of the molecule is Cc1ccc(C#Cc2cccc(-c3cc(-c4nc(C(=O)O)c(C)o4)c(CC4CC4)n3Cc3ccc(S(N)(=O)=O)c(F)c3)c2)s1. The third-order valence-corrected chi connectivity index (χ3v) is 9.35. The molecule has 0 radical (unpaired) electrons. The van der Waals surface area contributed by atoms with Gasteiger partial charge < -0.3 is 14.1 Å². The fourth-order valence-corrected chi connectivity index (χ4v) is 6.48. The van der Waals surface area contributed by atoms with Crippen molar-refractivity contribution in [3.05, 3.63) is 105 Å². The number of nitrogens with two attached hydrogens (primary N) is 1. The topological polar surface area (TPSA) is 128 Å². The fraction of sp³-hybridized carbons (Fsp3) is 0.212. The number of sulfonamides is 1. The average molecular weight is 630 g/mol. The first kappa shape index (κ1) is 29.6. The van der Waals surface area contributed by atoms with Gasteiger partial charge >= 0.3 is 5.97 Å². The summed E-state index contributed by atoms with van der Waals surface area (Å²) in [4.78, 5) is 17.7. The molecule has 3 heterocycles. The number of aromatic carboxylic acids is 1. The van der Waals surface area contributed by atoms with Crippen molar-refractivity contribution in [2.75, 3.05) is 0 Å². The lowest BCUT2D eigenvalue weighted by Crippen LogP contribution is -2.14. The summed E-state index contributed by atoms with van der Waals surface area (Å²) < 4.78 is 46.5. The summed E-state index contributed by atoms with van der Waals surface area (Å²) in [5.74, 6) is 5.15. The molecule has 11 heteroatoms. The number of hydrogen-bond donors (Lipinski definition) is 2. The Bertz CT molecular complexity index is 2090. The Labute approximate surface area is 258 Å². The van der Waals surface area contributed by atoms with Gasteiger partial charge in [0.1, 0.15) is 16.5 Å². The van der Waals surface area contributed by atoms with Crippen LogP contribution in [0.2, 0.25) is 0 Å². The Morgan fingerprint density at radius 1 is 1.14 bits per heavy atom. The highest BCUT2D eigenvalue weighted by Crippen LogP contribution is 2.40. The van der Waals surface area contributed by atoms with Crippen LogP contribution in [-0.2, 0) is 23.0 Å². The highest BCUT2D eigenvalue weighted by Gasteiger charge is 2.29. The number of aromatic nitrogens is 2. The van der Waals surface area contributed by atoms with Crippen LogP contribution >= 0.6 is 11.3 Å². The molecule has 0 amide bonds. The Balaban J connectivity index is 1.51. The van der Waals surface area contributed by atoms with Gasteiger partial charge in [0.15, 0.2) is 5.69 Å². The number of nitrogens with zero attached hydrogens (tertiary/aromatic N) is 2. The molecule has 3 aromatic heterocycles. The van der Waals surface area contributed by atoms with Gasteiger partial charge in [0.25, 0.3) is 0 Å². The maximum absolute atomic E-state index is 14.9. The van der Waals surface area contributed by atoms with E-state index in [0.29, 0.717) is 23.5 Å². The summed E-state index contributed by atoms with van der Waals surface area (Å²) in [5, 5.41) is 14.8. The van der Waals surface area contributed by atoms with Gasteiger partial charge in [0.2, 0.25) is 15.9 Å². The predicted octanol–water partition coefficient (Wildman–Crippen LogP) is 6.37. The quantitative estimate of drug-likeness (QED) is 0.192. The molecule has 0 spiro atoms. The molecule has 0 aliphatic heterocycles. The van der Waals surface area contributed by atoms with Crippen LogP contribution in [0, 0.1) is 37.4 Å². The Kier molecular flexibility index (Phi) is 7.75. The van der Waals surface area contributed by atoms with E-state index in [0.717, 1.165) is 40.2 Å². The van der Waals surface area contributed by atoms with Crippen LogP contribution in [0.1, 0.15) is 55.7 Å². The summed E-state index contributed by atoms with van der Waals surface area (Å²) in [5.41, 5.74) is 4.29. The van der Waals surface area contributed by atoms with Crippen molar-refractivity contribution in [2.24, 2.45) is 11.1 Å². The van der Waals surface area contributed by atoms with Gasteiger partial charge in [-0.15, -0.1) is 11.3 Å². The molecular weight excluding hydrogens is 602 g/mol. The fourth-order valence-electron chi connectivity index (χ4n) is 5.17. The minimum atomic E-state index is -4.22. The normalized spacial score (nSPS) is 13.1. The molecule has 0 bridgehead atoms. The van der Waals surface area contributed by atoms with Gasteiger partial charge in [-0.2, -0.15) is 0 Å². The summed E-state index contributed by atoms with van der Waals surface area (Å²) in [6, 6.07) is 17.6. The highest BCUT2D eigenvalue weighted by molar-refractivity contribution is 7.89. The zero-order chi connectivity index (χ0) is 31.2. The zero-order valence-corrected chi connectivity index (χ0v) is 25.6. The molecule has 224 valence electrons. The maximum Gasteiger partial charge on any atom is 0.358 e. The molecule has 6 rings (SSSR count). The molecule has 3 N–H and O–H groups in total. The minimum absolute atomic E-state index is 0.159. The molecule has 1 aliphatic rings.